The van der Waals surface area contributed by atoms with Crippen molar-refractivity contribution < 1.29 is 18.9 Å². The van der Waals surface area contributed by atoms with E-state index >= 15 is 0 Å². The van der Waals surface area contributed by atoms with E-state index < -0.39 is 13.1 Å². The molecule has 0 aromatic carbocycles. The summed E-state index contributed by atoms with van der Waals surface area (Å²) in [4.78, 5) is 0. The van der Waals surface area contributed by atoms with Crippen LogP contribution < -0.4 is 18.9 Å². The van der Waals surface area contributed by atoms with Gasteiger partial charge in [-0.05, 0) is 0 Å². The van der Waals surface area contributed by atoms with Crippen molar-refractivity contribution in [3.63, 3.8) is 0 Å². The molecular formula is C12H28AlLi. The Morgan fingerprint density at radius 2 is 0.786 bits per heavy atom. The molecule has 0 amide bonds. The topological polar surface area (TPSA) is 0 Å². The van der Waals surface area contributed by atoms with Gasteiger partial charge in [-0.15, -0.1) is 0 Å². The van der Waals surface area contributed by atoms with Gasteiger partial charge in [0.1, 0.15) is 13.1 Å². The van der Waals surface area contributed by atoms with Gasteiger partial charge < -0.3 is 0 Å². The molecule has 0 aliphatic heterocycles. The first-order chi connectivity index (χ1) is 6.24. The average molecular weight is 206 g/mol. The van der Waals surface area contributed by atoms with E-state index in [0.29, 0.717) is 0 Å². The Balaban J connectivity index is 0. The Labute approximate surface area is 106 Å². The van der Waals surface area contributed by atoms with Crippen LogP contribution in [0.3, 0.4) is 0 Å². The van der Waals surface area contributed by atoms with Crippen LogP contribution in [-0.2, 0) is 0 Å². The van der Waals surface area contributed by atoms with Gasteiger partial charge in [-0.25, -0.2) is 0 Å². The fourth-order valence-electron chi connectivity index (χ4n) is 3.32. The Morgan fingerprint density at radius 1 is 0.571 bits per heavy atom. The fourth-order valence-corrected chi connectivity index (χ4v) is 9.95. The third kappa shape index (κ3) is 6.58. The Hall–Kier alpha value is 1.13. The summed E-state index contributed by atoms with van der Waals surface area (Å²) in [6.07, 6.45) is 5.74. The van der Waals surface area contributed by atoms with E-state index in [1.54, 1.807) is 21.1 Å². The largest absolute Gasteiger partial charge is 1.00 e. The van der Waals surface area contributed by atoms with E-state index in [1.165, 1.54) is 25.7 Å². The molecule has 0 aromatic rings. The van der Waals surface area contributed by atoms with Crippen LogP contribution in [0.1, 0.15) is 53.4 Å². The summed E-state index contributed by atoms with van der Waals surface area (Å²) in [5.41, 5.74) is 0. The predicted octanol–water partition coefficient (Wildman–Crippen LogP) is 2.08. The first-order valence-corrected chi connectivity index (χ1v) is 9.73. The van der Waals surface area contributed by atoms with Crippen molar-refractivity contribution in [2.24, 2.45) is 0 Å². The molecule has 0 atom stereocenters. The number of hydrogen-bond donors (Lipinski definition) is 0. The summed E-state index contributed by atoms with van der Waals surface area (Å²) in [5.74, 6) is 0. The molecule has 0 saturated carbocycles. The van der Waals surface area contributed by atoms with Gasteiger partial charge in [0.05, 0.1) is 0 Å². The SMILES string of the molecule is CC[CH2][Al-]([CH2]CC)([CH2]CC)[CH2]CC.[Li+]. The first kappa shape index (κ1) is 17.5. The van der Waals surface area contributed by atoms with Crippen LogP contribution in [0.2, 0.25) is 21.1 Å². The molecule has 0 nitrogen and oxygen atoms in total. The summed E-state index contributed by atoms with van der Waals surface area (Å²) in [6.45, 7) is 9.48. The van der Waals surface area contributed by atoms with Crippen molar-refractivity contribution in [3.05, 3.63) is 0 Å². The summed E-state index contributed by atoms with van der Waals surface area (Å²) in [6, 6.07) is 0. The molecule has 0 aliphatic carbocycles. The van der Waals surface area contributed by atoms with Crippen molar-refractivity contribution in [3.8, 4) is 0 Å². The van der Waals surface area contributed by atoms with E-state index in [2.05, 4.69) is 27.7 Å². The first-order valence-electron chi connectivity index (χ1n) is 6.46. The Bertz CT molecular complexity index is 85.4. The molecule has 0 fully saturated rings. The van der Waals surface area contributed by atoms with Crippen LogP contribution in [0.25, 0.3) is 0 Å². The van der Waals surface area contributed by atoms with Gasteiger partial charge in [-0.1, -0.05) is 53.4 Å². The van der Waals surface area contributed by atoms with Crippen LogP contribution in [0, 0.1) is 0 Å². The molecule has 0 aliphatic rings. The van der Waals surface area contributed by atoms with Gasteiger partial charge in [0.15, 0.2) is 0 Å². The third-order valence-corrected chi connectivity index (χ3v) is 10.8. The molecule has 0 aromatic heterocycles. The smallest absolute Gasteiger partial charge is 0.192 e. The minimum Gasteiger partial charge on any atom is -0.192 e. The Morgan fingerprint density at radius 3 is 0.929 bits per heavy atom. The molecule has 0 N–H and O–H groups in total. The zero-order chi connectivity index (χ0) is 10.2. The van der Waals surface area contributed by atoms with Crippen LogP contribution in [0.4, 0.5) is 0 Å². The molecule has 0 unspecified atom stereocenters. The van der Waals surface area contributed by atoms with Crippen molar-refractivity contribution in [1.29, 1.82) is 0 Å². The quantitative estimate of drug-likeness (QED) is 0.533. The molecular weight excluding hydrogens is 178 g/mol. The zero-order valence-electron chi connectivity index (χ0n) is 11.2. The standard InChI is InChI=1S/4C3H7.Al.Li/c4*1-3-2;;/h4*1,3H2,2H3;;/q;;;;-1;+1. The second kappa shape index (κ2) is 10.6. The van der Waals surface area contributed by atoms with E-state index in [-0.39, 0.29) is 18.9 Å². The Kier molecular flexibility index (Phi) is 13.3. The molecule has 0 saturated heterocycles. The summed E-state index contributed by atoms with van der Waals surface area (Å²) in [7, 11) is 0. The van der Waals surface area contributed by atoms with Gasteiger partial charge in [-0.3, -0.25) is 0 Å². The number of rotatable bonds is 8. The van der Waals surface area contributed by atoms with Crippen LogP contribution >= 0.6 is 0 Å². The van der Waals surface area contributed by atoms with E-state index in [0.717, 1.165) is 0 Å². The van der Waals surface area contributed by atoms with Crippen molar-refractivity contribution in [2.75, 3.05) is 0 Å². The van der Waals surface area contributed by atoms with Gasteiger partial charge >= 0.3 is 18.9 Å². The molecule has 0 radical (unpaired) electrons. The molecule has 80 valence electrons. The van der Waals surface area contributed by atoms with Gasteiger partial charge in [0.2, 0.25) is 0 Å². The third-order valence-electron chi connectivity index (χ3n) is 3.60. The summed E-state index contributed by atoms with van der Waals surface area (Å²) >= 11 is -1.09. The molecule has 14 heavy (non-hydrogen) atoms. The van der Waals surface area contributed by atoms with Gasteiger partial charge in [-0.2, -0.15) is 21.1 Å². The van der Waals surface area contributed by atoms with Crippen molar-refractivity contribution in [2.45, 2.75) is 74.5 Å². The predicted molar refractivity (Wildman–Crippen MR) is 66.1 cm³/mol. The number of hydrogen-bond acceptors (Lipinski definition) is 0. The fraction of sp³-hybridized carbons (Fsp3) is 1.00. The van der Waals surface area contributed by atoms with Crippen LogP contribution in [0.15, 0.2) is 0 Å². The monoisotopic (exact) mass is 206 g/mol. The van der Waals surface area contributed by atoms with Crippen LogP contribution in [-0.4, -0.2) is 13.1 Å². The normalized spacial score (nSPS) is 11.1. The molecule has 0 heterocycles. The minimum atomic E-state index is -1.09. The second-order valence-corrected chi connectivity index (χ2v) is 10.7. The van der Waals surface area contributed by atoms with Crippen molar-refractivity contribution in [1.82, 2.24) is 0 Å². The van der Waals surface area contributed by atoms with Crippen molar-refractivity contribution >= 4 is 13.1 Å². The molecule has 0 spiro atoms. The zero-order valence-corrected chi connectivity index (χ0v) is 12.4. The van der Waals surface area contributed by atoms with E-state index in [1.807, 2.05) is 0 Å². The second-order valence-electron chi connectivity index (χ2n) is 4.89. The maximum absolute atomic E-state index is 2.37. The molecule has 0 rings (SSSR count). The van der Waals surface area contributed by atoms with Crippen LogP contribution in [0.5, 0.6) is 0 Å². The van der Waals surface area contributed by atoms with E-state index in [9.17, 15) is 0 Å². The van der Waals surface area contributed by atoms with E-state index in [4.69, 9.17) is 0 Å². The molecule has 0 bridgehead atoms. The maximum atomic E-state index is 2.37. The minimum absolute atomic E-state index is 0. The van der Waals surface area contributed by atoms with Gasteiger partial charge in [0.25, 0.3) is 0 Å². The molecule has 2 heteroatoms. The maximum Gasteiger partial charge on any atom is 1.00 e. The van der Waals surface area contributed by atoms with Gasteiger partial charge in [0, 0.05) is 0 Å². The summed E-state index contributed by atoms with van der Waals surface area (Å²) < 4.78 is 0. The average Bonchev–Trinajstić information content (AvgIpc) is 2.06. The summed E-state index contributed by atoms with van der Waals surface area (Å²) in [5, 5.41) is 6.45.